The Morgan fingerprint density at radius 1 is 1.56 bits per heavy atom. The molecule has 16 heavy (non-hydrogen) atoms. The number of aliphatic hydroxyl groups excluding tert-OH is 1. The molecule has 0 saturated carbocycles. The Labute approximate surface area is 95.5 Å². The van der Waals surface area contributed by atoms with Crippen molar-refractivity contribution in [1.82, 2.24) is 5.32 Å². The lowest BCUT2D eigenvalue weighted by Gasteiger charge is -2.08. The number of benzene rings is 1. The SMILES string of the molecule is COc1ccc(CNCC(C)O)cc1C#N. The highest BCUT2D eigenvalue weighted by Gasteiger charge is 2.03. The van der Waals surface area contributed by atoms with Crippen LogP contribution in [-0.4, -0.2) is 24.9 Å². The van der Waals surface area contributed by atoms with E-state index in [0.29, 0.717) is 24.4 Å². The Morgan fingerprint density at radius 3 is 2.88 bits per heavy atom. The lowest BCUT2D eigenvalue weighted by atomic mass is 10.1. The number of nitriles is 1. The first-order valence-electron chi connectivity index (χ1n) is 5.13. The normalized spacial score (nSPS) is 11.9. The minimum atomic E-state index is -0.367. The van der Waals surface area contributed by atoms with E-state index in [1.54, 1.807) is 26.2 Å². The van der Waals surface area contributed by atoms with E-state index in [1.165, 1.54) is 0 Å². The summed E-state index contributed by atoms with van der Waals surface area (Å²) in [5.74, 6) is 0.585. The van der Waals surface area contributed by atoms with Gasteiger partial charge >= 0.3 is 0 Å². The molecule has 0 aliphatic heterocycles. The molecule has 4 heteroatoms. The van der Waals surface area contributed by atoms with Gasteiger partial charge in [0.05, 0.1) is 18.8 Å². The average Bonchev–Trinajstić information content (AvgIpc) is 2.28. The lowest BCUT2D eigenvalue weighted by Crippen LogP contribution is -2.23. The monoisotopic (exact) mass is 220 g/mol. The quantitative estimate of drug-likeness (QED) is 0.778. The molecule has 0 amide bonds. The number of nitrogens with one attached hydrogen (secondary N) is 1. The third kappa shape index (κ3) is 3.54. The summed E-state index contributed by atoms with van der Waals surface area (Å²) >= 11 is 0. The summed E-state index contributed by atoms with van der Waals surface area (Å²) in [4.78, 5) is 0. The van der Waals surface area contributed by atoms with Crippen LogP contribution < -0.4 is 10.1 Å². The summed E-state index contributed by atoms with van der Waals surface area (Å²) in [7, 11) is 1.54. The van der Waals surface area contributed by atoms with Gasteiger partial charge in [-0.25, -0.2) is 0 Å². The summed E-state index contributed by atoms with van der Waals surface area (Å²) in [5, 5.41) is 21.1. The third-order valence-electron chi connectivity index (χ3n) is 2.15. The largest absolute Gasteiger partial charge is 0.495 e. The summed E-state index contributed by atoms with van der Waals surface area (Å²) in [5.41, 5.74) is 1.52. The van der Waals surface area contributed by atoms with Gasteiger partial charge in [-0.15, -0.1) is 0 Å². The Kier molecular flexibility index (Phi) is 4.77. The van der Waals surface area contributed by atoms with Gasteiger partial charge in [0.25, 0.3) is 0 Å². The van der Waals surface area contributed by atoms with Crippen LogP contribution in [0.1, 0.15) is 18.1 Å². The molecular weight excluding hydrogens is 204 g/mol. The van der Waals surface area contributed by atoms with Gasteiger partial charge in [-0.05, 0) is 24.6 Å². The maximum Gasteiger partial charge on any atom is 0.136 e. The maximum atomic E-state index is 9.08. The molecule has 0 spiro atoms. The molecule has 0 heterocycles. The predicted octanol–water partition coefficient (Wildman–Crippen LogP) is 1.04. The summed E-state index contributed by atoms with van der Waals surface area (Å²) < 4.78 is 5.05. The fourth-order valence-corrected chi connectivity index (χ4v) is 1.38. The fourth-order valence-electron chi connectivity index (χ4n) is 1.38. The van der Waals surface area contributed by atoms with Crippen LogP contribution in [-0.2, 0) is 6.54 Å². The Hall–Kier alpha value is -1.57. The number of rotatable bonds is 5. The van der Waals surface area contributed by atoms with Crippen LogP contribution in [0.3, 0.4) is 0 Å². The van der Waals surface area contributed by atoms with Crippen molar-refractivity contribution in [1.29, 1.82) is 5.26 Å². The van der Waals surface area contributed by atoms with Gasteiger partial charge < -0.3 is 15.2 Å². The van der Waals surface area contributed by atoms with E-state index < -0.39 is 0 Å². The molecule has 1 aromatic rings. The Morgan fingerprint density at radius 2 is 2.31 bits per heavy atom. The van der Waals surface area contributed by atoms with E-state index in [-0.39, 0.29) is 6.10 Å². The Bertz CT molecular complexity index is 383. The van der Waals surface area contributed by atoms with E-state index in [4.69, 9.17) is 15.1 Å². The second-order valence-corrected chi connectivity index (χ2v) is 3.63. The predicted molar refractivity (Wildman–Crippen MR) is 61.1 cm³/mol. The molecule has 0 aromatic heterocycles. The summed E-state index contributed by atoms with van der Waals surface area (Å²) in [6.07, 6.45) is -0.367. The van der Waals surface area contributed by atoms with Gasteiger partial charge in [-0.2, -0.15) is 5.26 Å². The summed E-state index contributed by atoms with van der Waals surface area (Å²) in [6, 6.07) is 7.54. The van der Waals surface area contributed by atoms with Gasteiger partial charge in [0.15, 0.2) is 0 Å². The zero-order valence-corrected chi connectivity index (χ0v) is 9.53. The first-order valence-corrected chi connectivity index (χ1v) is 5.13. The molecule has 0 saturated heterocycles. The van der Waals surface area contributed by atoms with Crippen LogP contribution in [0, 0.1) is 11.3 Å². The standard InChI is InChI=1S/C12H16N2O2/c1-9(15)7-14-8-10-3-4-12(16-2)11(5-10)6-13/h3-5,9,14-15H,7-8H2,1-2H3. The zero-order chi connectivity index (χ0) is 12.0. The van der Waals surface area contributed by atoms with Crippen molar-refractivity contribution in [3.05, 3.63) is 29.3 Å². The second kappa shape index (κ2) is 6.11. The molecule has 0 aliphatic rings. The van der Waals surface area contributed by atoms with Gasteiger partial charge in [0.1, 0.15) is 11.8 Å². The van der Waals surface area contributed by atoms with Crippen molar-refractivity contribution in [3.63, 3.8) is 0 Å². The Balaban J connectivity index is 2.65. The maximum absolute atomic E-state index is 9.08. The molecule has 1 aromatic carbocycles. The van der Waals surface area contributed by atoms with E-state index in [0.717, 1.165) is 5.56 Å². The minimum Gasteiger partial charge on any atom is -0.495 e. The van der Waals surface area contributed by atoms with Crippen LogP contribution >= 0.6 is 0 Å². The molecule has 0 aliphatic carbocycles. The smallest absolute Gasteiger partial charge is 0.136 e. The van der Waals surface area contributed by atoms with Crippen molar-refractivity contribution in [3.8, 4) is 11.8 Å². The number of nitrogens with zero attached hydrogens (tertiary/aromatic N) is 1. The molecule has 0 fully saturated rings. The van der Waals surface area contributed by atoms with Gasteiger partial charge in [-0.3, -0.25) is 0 Å². The molecule has 1 unspecified atom stereocenters. The van der Waals surface area contributed by atoms with E-state index >= 15 is 0 Å². The second-order valence-electron chi connectivity index (χ2n) is 3.63. The molecule has 2 N–H and O–H groups in total. The molecule has 0 bridgehead atoms. The highest BCUT2D eigenvalue weighted by atomic mass is 16.5. The first kappa shape index (κ1) is 12.5. The fraction of sp³-hybridized carbons (Fsp3) is 0.417. The minimum absolute atomic E-state index is 0.367. The van der Waals surface area contributed by atoms with Crippen molar-refractivity contribution in [2.24, 2.45) is 0 Å². The van der Waals surface area contributed by atoms with Crippen LogP contribution in [0.15, 0.2) is 18.2 Å². The third-order valence-corrected chi connectivity index (χ3v) is 2.15. The topological polar surface area (TPSA) is 65.3 Å². The van der Waals surface area contributed by atoms with Crippen LogP contribution in [0.5, 0.6) is 5.75 Å². The van der Waals surface area contributed by atoms with Crippen LogP contribution in [0.25, 0.3) is 0 Å². The lowest BCUT2D eigenvalue weighted by molar-refractivity contribution is 0.191. The van der Waals surface area contributed by atoms with E-state index in [2.05, 4.69) is 11.4 Å². The van der Waals surface area contributed by atoms with E-state index in [9.17, 15) is 0 Å². The van der Waals surface area contributed by atoms with Crippen LogP contribution in [0.4, 0.5) is 0 Å². The number of hydrogen-bond donors (Lipinski definition) is 2. The highest BCUT2D eigenvalue weighted by molar-refractivity contribution is 5.45. The van der Waals surface area contributed by atoms with Gasteiger partial charge in [-0.1, -0.05) is 6.07 Å². The first-order chi connectivity index (χ1) is 7.67. The number of aliphatic hydroxyl groups is 1. The van der Waals surface area contributed by atoms with Crippen molar-refractivity contribution in [2.45, 2.75) is 19.6 Å². The molecule has 1 atom stereocenters. The summed E-state index contributed by atoms with van der Waals surface area (Å²) in [6.45, 7) is 2.89. The van der Waals surface area contributed by atoms with Gasteiger partial charge in [0, 0.05) is 13.1 Å². The van der Waals surface area contributed by atoms with Gasteiger partial charge in [0.2, 0.25) is 0 Å². The number of hydrogen-bond acceptors (Lipinski definition) is 4. The molecule has 4 nitrogen and oxygen atoms in total. The van der Waals surface area contributed by atoms with Crippen molar-refractivity contribution >= 4 is 0 Å². The molecular formula is C12H16N2O2. The molecule has 0 radical (unpaired) electrons. The number of ether oxygens (including phenoxy) is 1. The number of methoxy groups -OCH3 is 1. The average molecular weight is 220 g/mol. The van der Waals surface area contributed by atoms with Crippen molar-refractivity contribution < 1.29 is 9.84 Å². The molecule has 1 rings (SSSR count). The highest BCUT2D eigenvalue weighted by Crippen LogP contribution is 2.18. The zero-order valence-electron chi connectivity index (χ0n) is 9.53. The van der Waals surface area contributed by atoms with E-state index in [1.807, 2.05) is 6.07 Å². The molecule has 86 valence electrons. The van der Waals surface area contributed by atoms with Crippen LogP contribution in [0.2, 0.25) is 0 Å². The van der Waals surface area contributed by atoms with Crippen molar-refractivity contribution in [2.75, 3.05) is 13.7 Å².